The number of aliphatic hydroxyl groups excluding tert-OH is 1. The van der Waals surface area contributed by atoms with Crippen LogP contribution in [0.15, 0.2) is 0 Å². The Balaban J connectivity index is 4.32. The molecule has 0 saturated carbocycles. The van der Waals surface area contributed by atoms with Crippen LogP contribution in [0.5, 0.6) is 0 Å². The number of hydrogen-bond donors (Lipinski definition) is 2. The lowest BCUT2D eigenvalue weighted by atomic mass is 9.95. The molecule has 0 heterocycles. The highest BCUT2D eigenvalue weighted by molar-refractivity contribution is 5.45. The van der Waals surface area contributed by atoms with Gasteiger partial charge in [-0.2, -0.15) is 13.2 Å². The van der Waals surface area contributed by atoms with E-state index in [1.165, 1.54) is 0 Å². The van der Waals surface area contributed by atoms with Gasteiger partial charge in [0, 0.05) is 12.6 Å². The second kappa shape index (κ2) is 7.58. The predicted molar refractivity (Wildman–Crippen MR) is 62.0 cm³/mol. The lowest BCUT2D eigenvalue weighted by molar-refractivity contribution is -0.206. The quantitative estimate of drug-likeness (QED) is 0.647. The molecule has 0 aromatic rings. The molecule has 4 nitrogen and oxygen atoms in total. The number of carbonyl (C=O) groups excluding carboxylic acids is 1. The van der Waals surface area contributed by atoms with E-state index in [4.69, 9.17) is 5.11 Å². The molecule has 1 unspecified atom stereocenters. The van der Waals surface area contributed by atoms with Crippen molar-refractivity contribution in [3.05, 3.63) is 0 Å². The van der Waals surface area contributed by atoms with E-state index in [0.29, 0.717) is 13.0 Å². The number of rotatable bonds is 8. The minimum Gasteiger partial charge on any atom is -0.384 e. The number of amides is 1. The first-order chi connectivity index (χ1) is 8.20. The zero-order valence-electron chi connectivity index (χ0n) is 10.9. The van der Waals surface area contributed by atoms with Crippen LogP contribution >= 0.6 is 0 Å². The van der Waals surface area contributed by atoms with Crippen molar-refractivity contribution in [3.63, 3.8) is 0 Å². The number of nitrogens with zero attached hydrogens (tertiary/aromatic N) is 1. The Morgan fingerprint density at radius 1 is 1.33 bits per heavy atom. The number of halogens is 3. The predicted octanol–water partition coefficient (Wildman–Crippen LogP) is 1.00. The van der Waals surface area contributed by atoms with Crippen molar-refractivity contribution in [2.75, 3.05) is 20.6 Å². The highest BCUT2D eigenvalue weighted by atomic mass is 19.4. The van der Waals surface area contributed by atoms with Gasteiger partial charge >= 0.3 is 6.18 Å². The molecule has 0 aromatic heterocycles. The molecule has 18 heavy (non-hydrogen) atoms. The van der Waals surface area contributed by atoms with Crippen LogP contribution in [-0.4, -0.2) is 55.4 Å². The van der Waals surface area contributed by atoms with Crippen LogP contribution in [0.4, 0.5) is 13.2 Å². The largest absolute Gasteiger partial charge is 0.414 e. The molecule has 0 fully saturated rings. The molecule has 7 heteroatoms. The fourth-order valence-electron chi connectivity index (χ4n) is 1.91. The van der Waals surface area contributed by atoms with Crippen LogP contribution in [0.3, 0.4) is 0 Å². The smallest absolute Gasteiger partial charge is 0.384 e. The molecule has 1 amide bonds. The van der Waals surface area contributed by atoms with Crippen molar-refractivity contribution in [2.24, 2.45) is 5.92 Å². The van der Waals surface area contributed by atoms with E-state index < -0.39 is 12.3 Å². The second-order valence-electron chi connectivity index (χ2n) is 4.67. The normalized spacial score (nSPS) is 17.3. The van der Waals surface area contributed by atoms with E-state index >= 15 is 0 Å². The summed E-state index contributed by atoms with van der Waals surface area (Å²) in [5.74, 6) is 0.00522. The summed E-state index contributed by atoms with van der Waals surface area (Å²) in [7, 11) is 3.53. The first kappa shape index (κ1) is 17.2. The summed E-state index contributed by atoms with van der Waals surface area (Å²) >= 11 is 0. The minimum absolute atomic E-state index is 0.00522. The fraction of sp³-hybridized carbons (Fsp3) is 0.909. The van der Waals surface area contributed by atoms with Crippen molar-refractivity contribution in [1.29, 1.82) is 0 Å². The summed E-state index contributed by atoms with van der Waals surface area (Å²) in [6.07, 6.45) is -6.41. The van der Waals surface area contributed by atoms with Gasteiger partial charge in [-0.25, -0.2) is 0 Å². The van der Waals surface area contributed by atoms with Crippen LogP contribution in [0.2, 0.25) is 0 Å². The molecular weight excluding hydrogens is 249 g/mol. The molecule has 0 radical (unpaired) electrons. The van der Waals surface area contributed by atoms with E-state index in [9.17, 15) is 18.0 Å². The maximum absolute atomic E-state index is 12.2. The van der Waals surface area contributed by atoms with Gasteiger partial charge in [-0.3, -0.25) is 4.79 Å². The Bertz CT molecular complexity index is 247. The molecule has 0 aliphatic carbocycles. The summed E-state index contributed by atoms with van der Waals surface area (Å²) < 4.78 is 36.5. The molecule has 0 aromatic carbocycles. The lowest BCUT2D eigenvalue weighted by Gasteiger charge is -2.31. The van der Waals surface area contributed by atoms with Crippen molar-refractivity contribution in [3.8, 4) is 0 Å². The van der Waals surface area contributed by atoms with Crippen LogP contribution in [0.25, 0.3) is 0 Å². The van der Waals surface area contributed by atoms with Crippen LogP contribution in [0.1, 0.15) is 19.8 Å². The summed E-state index contributed by atoms with van der Waals surface area (Å²) in [5, 5.41) is 11.5. The van der Waals surface area contributed by atoms with Crippen molar-refractivity contribution in [2.45, 2.75) is 38.1 Å². The third kappa shape index (κ3) is 6.20. The first-order valence-corrected chi connectivity index (χ1v) is 5.78. The van der Waals surface area contributed by atoms with E-state index in [-0.39, 0.29) is 24.8 Å². The van der Waals surface area contributed by atoms with Crippen molar-refractivity contribution < 1.29 is 23.1 Å². The van der Waals surface area contributed by atoms with Crippen molar-refractivity contribution >= 4 is 6.41 Å². The zero-order chi connectivity index (χ0) is 14.3. The molecule has 0 aliphatic rings. The third-order valence-electron chi connectivity index (χ3n) is 2.96. The SMILES string of the molecule is C[C@H](CNC=O)[C@H](CCC(O)C(F)(F)F)N(C)C. The topological polar surface area (TPSA) is 52.6 Å². The Hall–Kier alpha value is -0.820. The van der Waals surface area contributed by atoms with Gasteiger partial charge in [0.15, 0.2) is 0 Å². The summed E-state index contributed by atoms with van der Waals surface area (Å²) in [4.78, 5) is 12.0. The monoisotopic (exact) mass is 270 g/mol. The van der Waals surface area contributed by atoms with E-state index in [1.54, 1.807) is 19.0 Å². The maximum Gasteiger partial charge on any atom is 0.414 e. The third-order valence-corrected chi connectivity index (χ3v) is 2.96. The van der Waals surface area contributed by atoms with Gasteiger partial charge in [0.25, 0.3) is 0 Å². The molecule has 0 spiro atoms. The number of aliphatic hydroxyl groups is 1. The van der Waals surface area contributed by atoms with Gasteiger partial charge in [0.1, 0.15) is 6.10 Å². The standard InChI is InChI=1S/C11H21F3N2O2/c1-8(6-15-7-17)9(16(2)3)4-5-10(18)11(12,13)14/h7-10,18H,4-6H2,1-3H3,(H,15,17)/t8-,9+,10?/m1/s1. The van der Waals surface area contributed by atoms with E-state index in [0.717, 1.165) is 0 Å². The molecule has 0 rings (SSSR count). The Kier molecular flexibility index (Phi) is 7.23. The van der Waals surface area contributed by atoms with Crippen LogP contribution < -0.4 is 5.32 Å². The summed E-state index contributed by atoms with van der Waals surface area (Å²) in [6.45, 7) is 2.25. The molecule has 0 saturated heterocycles. The van der Waals surface area contributed by atoms with Gasteiger partial charge in [-0.05, 0) is 32.9 Å². The Morgan fingerprint density at radius 2 is 1.89 bits per heavy atom. The second-order valence-corrected chi connectivity index (χ2v) is 4.67. The fourth-order valence-corrected chi connectivity index (χ4v) is 1.91. The molecule has 0 aliphatic heterocycles. The summed E-state index contributed by atoms with van der Waals surface area (Å²) in [6, 6.07) is -0.130. The van der Waals surface area contributed by atoms with Crippen molar-refractivity contribution in [1.82, 2.24) is 10.2 Å². The molecule has 108 valence electrons. The molecular formula is C11H21F3N2O2. The van der Waals surface area contributed by atoms with Gasteiger partial charge in [0.2, 0.25) is 6.41 Å². The Labute approximate surface area is 105 Å². The van der Waals surface area contributed by atoms with Gasteiger partial charge in [0.05, 0.1) is 0 Å². The van der Waals surface area contributed by atoms with E-state index in [2.05, 4.69) is 5.32 Å². The highest BCUT2D eigenvalue weighted by Gasteiger charge is 2.38. The molecule has 3 atom stereocenters. The number of hydrogen-bond acceptors (Lipinski definition) is 3. The number of carbonyl (C=O) groups is 1. The molecule has 2 N–H and O–H groups in total. The average molecular weight is 270 g/mol. The van der Waals surface area contributed by atoms with Crippen LogP contribution in [-0.2, 0) is 4.79 Å². The number of nitrogens with one attached hydrogen (secondary N) is 1. The first-order valence-electron chi connectivity index (χ1n) is 5.78. The van der Waals surface area contributed by atoms with E-state index in [1.807, 2.05) is 6.92 Å². The van der Waals surface area contributed by atoms with Gasteiger partial charge in [-0.15, -0.1) is 0 Å². The highest BCUT2D eigenvalue weighted by Crippen LogP contribution is 2.25. The Morgan fingerprint density at radius 3 is 2.28 bits per heavy atom. The lowest BCUT2D eigenvalue weighted by Crippen LogP contribution is -2.40. The van der Waals surface area contributed by atoms with Crippen LogP contribution in [0, 0.1) is 5.92 Å². The molecule has 0 bridgehead atoms. The average Bonchev–Trinajstić information content (AvgIpc) is 2.24. The summed E-state index contributed by atoms with van der Waals surface area (Å²) in [5.41, 5.74) is 0. The minimum atomic E-state index is -4.57. The van der Waals surface area contributed by atoms with Gasteiger partial charge < -0.3 is 15.3 Å². The zero-order valence-corrected chi connectivity index (χ0v) is 10.9. The maximum atomic E-state index is 12.2. The van der Waals surface area contributed by atoms with Gasteiger partial charge in [-0.1, -0.05) is 6.92 Å². The number of alkyl halides is 3.